The van der Waals surface area contributed by atoms with Crippen molar-refractivity contribution in [2.75, 3.05) is 32.6 Å². The first kappa shape index (κ1) is 14.1. The molecule has 1 heterocycles. The van der Waals surface area contributed by atoms with Crippen LogP contribution in [0, 0.1) is 0 Å². The zero-order chi connectivity index (χ0) is 13.7. The van der Waals surface area contributed by atoms with Crippen molar-refractivity contribution in [2.24, 2.45) is 0 Å². The molecule has 0 saturated heterocycles. The van der Waals surface area contributed by atoms with Crippen LogP contribution in [0.25, 0.3) is 0 Å². The summed E-state index contributed by atoms with van der Waals surface area (Å²) in [5.41, 5.74) is 1.01. The van der Waals surface area contributed by atoms with E-state index in [2.05, 4.69) is 10.0 Å². The summed E-state index contributed by atoms with van der Waals surface area (Å²) >= 11 is 0. The Bertz CT molecular complexity index is 531. The number of fused-ring (bicyclic) bond motifs is 1. The quantitative estimate of drug-likeness (QED) is 0.725. The van der Waals surface area contributed by atoms with Gasteiger partial charge in [0.15, 0.2) is 11.5 Å². The van der Waals surface area contributed by atoms with Gasteiger partial charge in [0.05, 0.1) is 6.26 Å². The minimum atomic E-state index is -3.12. The van der Waals surface area contributed by atoms with E-state index in [9.17, 15) is 8.42 Å². The summed E-state index contributed by atoms with van der Waals surface area (Å²) in [5, 5.41) is 3.16. The lowest BCUT2D eigenvalue weighted by Gasteiger charge is -2.21. The van der Waals surface area contributed by atoms with Gasteiger partial charge in [-0.1, -0.05) is 12.1 Å². The lowest BCUT2D eigenvalue weighted by atomic mass is 10.1. The third-order valence-corrected chi connectivity index (χ3v) is 3.36. The SMILES string of the molecule is CS(=O)(=O)NCCNCc1cccc2c1OCCO2. The summed E-state index contributed by atoms with van der Waals surface area (Å²) in [6.45, 7) is 2.66. The van der Waals surface area contributed by atoms with Crippen molar-refractivity contribution in [1.82, 2.24) is 10.0 Å². The Labute approximate surface area is 113 Å². The lowest BCUT2D eigenvalue weighted by Crippen LogP contribution is -2.31. The van der Waals surface area contributed by atoms with Gasteiger partial charge in [-0.2, -0.15) is 0 Å². The van der Waals surface area contributed by atoms with Crippen LogP contribution in [0.15, 0.2) is 18.2 Å². The van der Waals surface area contributed by atoms with Gasteiger partial charge in [-0.3, -0.25) is 0 Å². The molecule has 1 aromatic rings. The second-order valence-electron chi connectivity index (χ2n) is 4.28. The first-order valence-corrected chi connectivity index (χ1v) is 7.98. The fourth-order valence-electron chi connectivity index (χ4n) is 1.82. The Morgan fingerprint density at radius 3 is 2.79 bits per heavy atom. The van der Waals surface area contributed by atoms with Gasteiger partial charge < -0.3 is 14.8 Å². The molecule has 0 atom stereocenters. The average Bonchev–Trinajstić information content (AvgIpc) is 2.37. The summed E-state index contributed by atoms with van der Waals surface area (Å²) in [7, 11) is -3.12. The Morgan fingerprint density at radius 1 is 1.21 bits per heavy atom. The summed E-state index contributed by atoms with van der Waals surface area (Å²) < 4.78 is 35.3. The minimum absolute atomic E-state index is 0.366. The second-order valence-corrected chi connectivity index (χ2v) is 6.12. The van der Waals surface area contributed by atoms with Gasteiger partial charge in [-0.15, -0.1) is 0 Å². The van der Waals surface area contributed by atoms with Gasteiger partial charge in [0.1, 0.15) is 13.2 Å². The van der Waals surface area contributed by atoms with E-state index in [-0.39, 0.29) is 0 Å². The normalized spacial score (nSPS) is 14.4. The molecule has 2 N–H and O–H groups in total. The highest BCUT2D eigenvalue weighted by molar-refractivity contribution is 7.88. The van der Waals surface area contributed by atoms with E-state index in [4.69, 9.17) is 9.47 Å². The Hall–Kier alpha value is -1.31. The van der Waals surface area contributed by atoms with Crippen molar-refractivity contribution >= 4 is 10.0 Å². The standard InChI is InChI=1S/C12H18N2O4S/c1-19(15,16)14-6-5-13-9-10-3-2-4-11-12(10)18-8-7-17-11/h2-4,13-14H,5-9H2,1H3. The van der Waals surface area contributed by atoms with E-state index < -0.39 is 10.0 Å². The van der Waals surface area contributed by atoms with Crippen molar-refractivity contribution in [3.63, 3.8) is 0 Å². The van der Waals surface area contributed by atoms with Crippen molar-refractivity contribution in [3.8, 4) is 11.5 Å². The molecule has 1 aromatic carbocycles. The highest BCUT2D eigenvalue weighted by Crippen LogP contribution is 2.33. The molecule has 0 amide bonds. The fourth-order valence-corrected chi connectivity index (χ4v) is 2.29. The molecule has 0 spiro atoms. The summed E-state index contributed by atoms with van der Waals surface area (Å²) in [4.78, 5) is 0. The van der Waals surface area contributed by atoms with E-state index in [1.807, 2.05) is 18.2 Å². The van der Waals surface area contributed by atoms with Crippen molar-refractivity contribution in [2.45, 2.75) is 6.54 Å². The summed E-state index contributed by atoms with van der Waals surface area (Å²) in [6.07, 6.45) is 1.14. The van der Waals surface area contributed by atoms with Crippen molar-refractivity contribution in [3.05, 3.63) is 23.8 Å². The molecule has 106 valence electrons. The van der Waals surface area contributed by atoms with Crippen LogP contribution in [0.3, 0.4) is 0 Å². The molecule has 6 nitrogen and oxygen atoms in total. The molecule has 0 aromatic heterocycles. The molecular formula is C12H18N2O4S. The molecule has 7 heteroatoms. The number of benzene rings is 1. The van der Waals surface area contributed by atoms with Crippen LogP contribution in [-0.4, -0.2) is 41.0 Å². The van der Waals surface area contributed by atoms with E-state index in [1.165, 1.54) is 0 Å². The van der Waals surface area contributed by atoms with Crippen LogP contribution in [0.4, 0.5) is 0 Å². The number of nitrogens with one attached hydrogen (secondary N) is 2. The molecule has 2 rings (SSSR count). The highest BCUT2D eigenvalue weighted by atomic mass is 32.2. The molecule has 0 radical (unpaired) electrons. The van der Waals surface area contributed by atoms with Crippen molar-refractivity contribution < 1.29 is 17.9 Å². The van der Waals surface area contributed by atoms with E-state index in [1.54, 1.807) is 0 Å². The number of para-hydroxylation sites is 1. The maximum atomic E-state index is 10.9. The third-order valence-electron chi connectivity index (χ3n) is 2.63. The molecule has 0 unspecified atom stereocenters. The van der Waals surface area contributed by atoms with Gasteiger partial charge in [0.2, 0.25) is 10.0 Å². The van der Waals surface area contributed by atoms with Gasteiger partial charge in [-0.05, 0) is 6.07 Å². The molecular weight excluding hydrogens is 268 g/mol. The summed E-state index contributed by atoms with van der Waals surface area (Å²) in [5.74, 6) is 1.54. The molecule has 1 aliphatic heterocycles. The number of hydrogen-bond acceptors (Lipinski definition) is 5. The van der Waals surface area contributed by atoms with Gasteiger partial charge >= 0.3 is 0 Å². The second kappa shape index (κ2) is 6.23. The summed E-state index contributed by atoms with van der Waals surface area (Å²) in [6, 6.07) is 5.76. The number of rotatable bonds is 6. The zero-order valence-electron chi connectivity index (χ0n) is 10.8. The molecule has 0 fully saturated rings. The van der Waals surface area contributed by atoms with E-state index >= 15 is 0 Å². The largest absolute Gasteiger partial charge is 0.486 e. The molecule has 19 heavy (non-hydrogen) atoms. The van der Waals surface area contributed by atoms with E-state index in [0.717, 1.165) is 23.3 Å². The Balaban J connectivity index is 1.83. The lowest BCUT2D eigenvalue weighted by molar-refractivity contribution is 0.169. The molecule has 1 aliphatic rings. The van der Waals surface area contributed by atoms with Crippen LogP contribution < -0.4 is 19.5 Å². The predicted molar refractivity (Wildman–Crippen MR) is 72.0 cm³/mol. The minimum Gasteiger partial charge on any atom is -0.486 e. The van der Waals surface area contributed by atoms with E-state index in [0.29, 0.717) is 32.8 Å². The fraction of sp³-hybridized carbons (Fsp3) is 0.500. The third kappa shape index (κ3) is 4.38. The first-order valence-electron chi connectivity index (χ1n) is 6.09. The smallest absolute Gasteiger partial charge is 0.208 e. The number of ether oxygens (including phenoxy) is 2. The van der Waals surface area contributed by atoms with Crippen LogP contribution >= 0.6 is 0 Å². The van der Waals surface area contributed by atoms with Gasteiger partial charge in [0.25, 0.3) is 0 Å². The predicted octanol–water partition coefficient (Wildman–Crippen LogP) is 0.0966. The highest BCUT2D eigenvalue weighted by Gasteiger charge is 2.14. The first-order chi connectivity index (χ1) is 9.06. The zero-order valence-corrected chi connectivity index (χ0v) is 11.6. The van der Waals surface area contributed by atoms with Crippen LogP contribution in [0.1, 0.15) is 5.56 Å². The van der Waals surface area contributed by atoms with Crippen LogP contribution in [-0.2, 0) is 16.6 Å². The average molecular weight is 286 g/mol. The van der Waals surface area contributed by atoms with Gasteiger partial charge in [0, 0.05) is 25.2 Å². The number of sulfonamides is 1. The Morgan fingerprint density at radius 2 is 2.00 bits per heavy atom. The van der Waals surface area contributed by atoms with Crippen LogP contribution in [0.5, 0.6) is 11.5 Å². The maximum absolute atomic E-state index is 10.9. The topological polar surface area (TPSA) is 76.7 Å². The molecule has 0 bridgehead atoms. The van der Waals surface area contributed by atoms with Crippen LogP contribution in [0.2, 0.25) is 0 Å². The maximum Gasteiger partial charge on any atom is 0.208 e. The monoisotopic (exact) mass is 286 g/mol. The number of hydrogen-bond donors (Lipinski definition) is 2. The van der Waals surface area contributed by atoms with Gasteiger partial charge in [-0.25, -0.2) is 13.1 Å². The molecule has 0 saturated carbocycles. The molecule has 0 aliphatic carbocycles. The Kier molecular flexibility index (Phi) is 4.62. The van der Waals surface area contributed by atoms with Crippen molar-refractivity contribution in [1.29, 1.82) is 0 Å².